The van der Waals surface area contributed by atoms with Crippen molar-refractivity contribution in [3.63, 3.8) is 0 Å². The van der Waals surface area contributed by atoms with Crippen molar-refractivity contribution in [2.75, 3.05) is 6.54 Å². The third kappa shape index (κ3) is 4.79. The van der Waals surface area contributed by atoms with Crippen LogP contribution in [0.25, 0.3) is 0 Å². The van der Waals surface area contributed by atoms with Gasteiger partial charge < -0.3 is 5.73 Å². The first-order valence-corrected chi connectivity index (χ1v) is 7.77. The van der Waals surface area contributed by atoms with E-state index in [0.29, 0.717) is 12.1 Å². The number of rotatable bonds is 5. The molecule has 3 heteroatoms. The fourth-order valence-corrected chi connectivity index (χ4v) is 3.00. The van der Waals surface area contributed by atoms with E-state index in [1.807, 2.05) is 12.1 Å². The van der Waals surface area contributed by atoms with Crippen LogP contribution in [0.2, 0.25) is 5.02 Å². The lowest BCUT2D eigenvalue weighted by molar-refractivity contribution is 0.129. The summed E-state index contributed by atoms with van der Waals surface area (Å²) < 4.78 is 0. The Bertz CT molecular complexity index is 375. The first-order chi connectivity index (χ1) is 9.15. The van der Waals surface area contributed by atoms with Gasteiger partial charge in [-0.1, -0.05) is 30.2 Å². The molecule has 1 saturated heterocycles. The minimum atomic E-state index is 0.319. The first-order valence-electron chi connectivity index (χ1n) is 7.39. The van der Waals surface area contributed by atoms with Crippen molar-refractivity contribution >= 4 is 11.6 Å². The average Bonchev–Trinajstić information content (AvgIpc) is 2.40. The van der Waals surface area contributed by atoms with Crippen molar-refractivity contribution in [2.45, 2.75) is 57.7 Å². The highest BCUT2D eigenvalue weighted by Gasteiger charge is 2.22. The van der Waals surface area contributed by atoms with Gasteiger partial charge >= 0.3 is 0 Å². The van der Waals surface area contributed by atoms with Gasteiger partial charge in [0.1, 0.15) is 0 Å². The molecule has 1 aromatic rings. The molecule has 19 heavy (non-hydrogen) atoms. The van der Waals surface area contributed by atoms with Gasteiger partial charge in [0, 0.05) is 23.7 Å². The monoisotopic (exact) mass is 280 g/mol. The third-order valence-electron chi connectivity index (χ3n) is 4.00. The molecule has 1 aromatic carbocycles. The highest BCUT2D eigenvalue weighted by molar-refractivity contribution is 6.30. The number of benzene rings is 1. The summed E-state index contributed by atoms with van der Waals surface area (Å²) in [5, 5.41) is 0.816. The van der Waals surface area contributed by atoms with Crippen molar-refractivity contribution in [3.05, 3.63) is 34.9 Å². The minimum Gasteiger partial charge on any atom is -0.328 e. The normalized spacial score (nSPS) is 22.4. The standard InChI is InChI=1S/C16H25ClN2/c1-13(18)5-10-16-4-2-3-11-19(16)12-14-6-8-15(17)9-7-14/h6-9,13,16H,2-5,10-12,18H2,1H3. The predicted octanol–water partition coefficient (Wildman–Crippen LogP) is 3.82. The Kier molecular flexibility index (Phi) is 5.68. The summed E-state index contributed by atoms with van der Waals surface area (Å²) in [6, 6.07) is 9.27. The molecule has 2 atom stereocenters. The zero-order valence-electron chi connectivity index (χ0n) is 11.8. The van der Waals surface area contributed by atoms with E-state index in [-0.39, 0.29) is 0 Å². The van der Waals surface area contributed by atoms with Crippen molar-refractivity contribution in [3.8, 4) is 0 Å². The van der Waals surface area contributed by atoms with Crippen molar-refractivity contribution < 1.29 is 0 Å². The number of nitrogens with two attached hydrogens (primary N) is 1. The second kappa shape index (κ2) is 7.28. The van der Waals surface area contributed by atoms with Crippen LogP contribution in [0.4, 0.5) is 0 Å². The summed E-state index contributed by atoms with van der Waals surface area (Å²) in [6.45, 7) is 4.36. The first kappa shape index (κ1) is 14.8. The van der Waals surface area contributed by atoms with Crippen LogP contribution in [0.5, 0.6) is 0 Å². The Morgan fingerprint density at radius 1 is 1.32 bits per heavy atom. The van der Waals surface area contributed by atoms with Gasteiger partial charge in [-0.25, -0.2) is 0 Å². The van der Waals surface area contributed by atoms with Crippen LogP contribution < -0.4 is 5.73 Å². The molecule has 0 saturated carbocycles. The summed E-state index contributed by atoms with van der Waals surface area (Å²) in [5.41, 5.74) is 7.25. The van der Waals surface area contributed by atoms with Crippen LogP contribution in [0.15, 0.2) is 24.3 Å². The lowest BCUT2D eigenvalue weighted by atomic mass is 9.96. The van der Waals surface area contributed by atoms with E-state index in [4.69, 9.17) is 17.3 Å². The topological polar surface area (TPSA) is 29.3 Å². The highest BCUT2D eigenvalue weighted by Crippen LogP contribution is 2.23. The molecule has 106 valence electrons. The second-order valence-corrected chi connectivity index (χ2v) is 6.24. The van der Waals surface area contributed by atoms with E-state index in [2.05, 4.69) is 24.0 Å². The van der Waals surface area contributed by atoms with E-state index in [1.54, 1.807) is 0 Å². The molecule has 1 aliphatic rings. The second-order valence-electron chi connectivity index (χ2n) is 5.80. The number of hydrogen-bond acceptors (Lipinski definition) is 2. The molecule has 1 aliphatic heterocycles. The number of nitrogens with zero attached hydrogens (tertiary/aromatic N) is 1. The van der Waals surface area contributed by atoms with Crippen LogP contribution in [-0.2, 0) is 6.54 Å². The van der Waals surface area contributed by atoms with Crippen molar-refractivity contribution in [1.82, 2.24) is 4.90 Å². The summed E-state index contributed by atoms with van der Waals surface area (Å²) in [7, 11) is 0. The SMILES string of the molecule is CC(N)CCC1CCCCN1Cc1ccc(Cl)cc1. The van der Waals surface area contributed by atoms with Gasteiger partial charge in [-0.15, -0.1) is 0 Å². The number of halogens is 1. The van der Waals surface area contributed by atoms with E-state index in [0.717, 1.165) is 18.0 Å². The zero-order chi connectivity index (χ0) is 13.7. The maximum Gasteiger partial charge on any atom is 0.0406 e. The van der Waals surface area contributed by atoms with Gasteiger partial charge in [0.05, 0.1) is 0 Å². The summed E-state index contributed by atoms with van der Waals surface area (Å²) in [4.78, 5) is 2.62. The lowest BCUT2D eigenvalue weighted by Crippen LogP contribution is -2.39. The van der Waals surface area contributed by atoms with Crippen LogP contribution in [0.3, 0.4) is 0 Å². The fourth-order valence-electron chi connectivity index (χ4n) is 2.87. The van der Waals surface area contributed by atoms with E-state index < -0.39 is 0 Å². The predicted molar refractivity (Wildman–Crippen MR) is 82.4 cm³/mol. The summed E-state index contributed by atoms with van der Waals surface area (Å²) >= 11 is 5.94. The van der Waals surface area contributed by atoms with Gasteiger partial charge in [0.15, 0.2) is 0 Å². The summed E-state index contributed by atoms with van der Waals surface area (Å²) in [6.07, 6.45) is 6.36. The highest BCUT2D eigenvalue weighted by atomic mass is 35.5. The molecule has 1 heterocycles. The van der Waals surface area contributed by atoms with Gasteiger partial charge in [0.25, 0.3) is 0 Å². The number of hydrogen-bond donors (Lipinski definition) is 1. The molecule has 2 nitrogen and oxygen atoms in total. The molecule has 2 N–H and O–H groups in total. The van der Waals surface area contributed by atoms with E-state index in [9.17, 15) is 0 Å². The van der Waals surface area contributed by atoms with Crippen LogP contribution in [-0.4, -0.2) is 23.5 Å². The average molecular weight is 281 g/mol. The smallest absolute Gasteiger partial charge is 0.0406 e. The Morgan fingerprint density at radius 2 is 2.05 bits per heavy atom. The Labute approximate surface area is 121 Å². The van der Waals surface area contributed by atoms with Gasteiger partial charge in [-0.2, -0.15) is 0 Å². The quantitative estimate of drug-likeness (QED) is 0.888. The van der Waals surface area contributed by atoms with Crippen LogP contribution in [0, 0.1) is 0 Å². The van der Waals surface area contributed by atoms with Gasteiger partial charge in [0.2, 0.25) is 0 Å². The van der Waals surface area contributed by atoms with Crippen LogP contribution >= 0.6 is 11.6 Å². The van der Waals surface area contributed by atoms with Crippen molar-refractivity contribution in [1.29, 1.82) is 0 Å². The molecule has 0 bridgehead atoms. The molecular weight excluding hydrogens is 256 g/mol. The molecule has 0 spiro atoms. The third-order valence-corrected chi connectivity index (χ3v) is 4.26. The van der Waals surface area contributed by atoms with E-state index in [1.165, 1.54) is 37.8 Å². The van der Waals surface area contributed by atoms with Crippen LogP contribution in [0.1, 0.15) is 44.6 Å². The number of likely N-dealkylation sites (tertiary alicyclic amines) is 1. The molecule has 0 aromatic heterocycles. The van der Waals surface area contributed by atoms with Gasteiger partial charge in [-0.3, -0.25) is 4.90 Å². The molecule has 0 amide bonds. The molecule has 0 aliphatic carbocycles. The fraction of sp³-hybridized carbons (Fsp3) is 0.625. The zero-order valence-corrected chi connectivity index (χ0v) is 12.6. The number of piperidine rings is 1. The lowest BCUT2D eigenvalue weighted by Gasteiger charge is -2.36. The largest absolute Gasteiger partial charge is 0.328 e. The Hall–Kier alpha value is -0.570. The summed E-state index contributed by atoms with van der Waals surface area (Å²) in [5.74, 6) is 0. The molecule has 1 fully saturated rings. The minimum absolute atomic E-state index is 0.319. The van der Waals surface area contributed by atoms with Crippen molar-refractivity contribution in [2.24, 2.45) is 5.73 Å². The Morgan fingerprint density at radius 3 is 2.74 bits per heavy atom. The molecule has 2 rings (SSSR count). The molecule has 0 radical (unpaired) electrons. The maximum absolute atomic E-state index is 5.94. The van der Waals surface area contributed by atoms with E-state index >= 15 is 0 Å². The Balaban J connectivity index is 1.93. The van der Waals surface area contributed by atoms with Gasteiger partial charge in [-0.05, 0) is 56.8 Å². The molecule has 2 unspecified atom stereocenters. The maximum atomic E-state index is 5.94. The molecular formula is C16H25ClN2.